The van der Waals surface area contributed by atoms with Gasteiger partial charge in [0.2, 0.25) is 5.91 Å². The molecule has 0 N–H and O–H groups in total. The molecule has 1 fully saturated rings. The molecule has 1 aromatic heterocycles. The maximum Gasteiger partial charge on any atom is 0.233 e. The fraction of sp³-hybridized carbons (Fsp3) is 0.267. The number of carbonyl (C=O) groups is 1. The molecule has 2 aromatic rings. The van der Waals surface area contributed by atoms with Gasteiger partial charge in [0.05, 0.1) is 5.75 Å². The van der Waals surface area contributed by atoms with E-state index >= 15 is 0 Å². The van der Waals surface area contributed by atoms with Gasteiger partial charge in [-0.1, -0.05) is 6.07 Å². The molecular formula is C15H15FN2OS. The third kappa shape index (κ3) is 2.33. The number of thioether (sulfide) groups is 1. The molecule has 104 valence electrons. The summed E-state index contributed by atoms with van der Waals surface area (Å²) in [6.45, 7) is 2.70. The first-order valence-corrected chi connectivity index (χ1v) is 7.59. The van der Waals surface area contributed by atoms with E-state index in [0.29, 0.717) is 12.3 Å². The summed E-state index contributed by atoms with van der Waals surface area (Å²) in [5.41, 5.74) is 1.86. The number of carbonyl (C=O) groups excluding carboxylic acids is 1. The molecule has 5 heteroatoms. The molecule has 0 spiro atoms. The Morgan fingerprint density at radius 3 is 3.00 bits per heavy atom. The second-order valence-corrected chi connectivity index (χ2v) is 5.74. The number of hydrogen-bond donors (Lipinski definition) is 0. The lowest BCUT2D eigenvalue weighted by atomic mass is 10.3. The van der Waals surface area contributed by atoms with Gasteiger partial charge in [-0.2, -0.15) is 0 Å². The Balaban J connectivity index is 1.89. The van der Waals surface area contributed by atoms with Crippen molar-refractivity contribution >= 4 is 17.7 Å². The van der Waals surface area contributed by atoms with Crippen molar-refractivity contribution in [2.45, 2.75) is 12.3 Å². The minimum Gasteiger partial charge on any atom is -0.326 e. The second kappa shape index (κ2) is 5.32. The van der Waals surface area contributed by atoms with Crippen LogP contribution in [-0.2, 0) is 4.79 Å². The lowest BCUT2D eigenvalue weighted by Gasteiger charge is -2.21. The molecular weight excluding hydrogens is 275 g/mol. The van der Waals surface area contributed by atoms with Crippen LogP contribution in [0.3, 0.4) is 0 Å². The second-order valence-electron chi connectivity index (χ2n) is 4.68. The molecule has 1 aliphatic rings. The highest BCUT2D eigenvalue weighted by atomic mass is 32.2. The van der Waals surface area contributed by atoms with Crippen molar-refractivity contribution in [3.05, 3.63) is 54.1 Å². The van der Waals surface area contributed by atoms with Gasteiger partial charge in [-0.25, -0.2) is 4.39 Å². The van der Waals surface area contributed by atoms with Crippen LogP contribution in [0.5, 0.6) is 0 Å². The van der Waals surface area contributed by atoms with Crippen LogP contribution in [0.15, 0.2) is 42.7 Å². The summed E-state index contributed by atoms with van der Waals surface area (Å²) in [7, 11) is 0. The van der Waals surface area contributed by atoms with Gasteiger partial charge in [0, 0.05) is 30.2 Å². The molecule has 1 atom stereocenters. The smallest absolute Gasteiger partial charge is 0.233 e. The zero-order valence-electron chi connectivity index (χ0n) is 11.1. The highest BCUT2D eigenvalue weighted by Crippen LogP contribution is 2.38. The van der Waals surface area contributed by atoms with E-state index in [2.05, 4.69) is 0 Å². The van der Waals surface area contributed by atoms with Gasteiger partial charge in [0.1, 0.15) is 11.2 Å². The van der Waals surface area contributed by atoms with Gasteiger partial charge in [-0.15, -0.1) is 11.8 Å². The zero-order valence-corrected chi connectivity index (χ0v) is 11.9. The van der Waals surface area contributed by atoms with Crippen molar-refractivity contribution in [3.63, 3.8) is 0 Å². The van der Waals surface area contributed by atoms with Crippen molar-refractivity contribution in [1.82, 2.24) is 9.47 Å². The normalized spacial score (nSPS) is 18.8. The van der Waals surface area contributed by atoms with Crippen molar-refractivity contribution in [2.75, 3.05) is 12.3 Å². The minimum atomic E-state index is -0.252. The summed E-state index contributed by atoms with van der Waals surface area (Å²) < 4.78 is 15.1. The molecule has 1 unspecified atom stereocenters. The highest BCUT2D eigenvalue weighted by molar-refractivity contribution is 8.00. The molecule has 1 amide bonds. The van der Waals surface area contributed by atoms with Crippen LogP contribution >= 0.6 is 11.8 Å². The first-order valence-electron chi connectivity index (χ1n) is 6.54. The average molecular weight is 290 g/mol. The molecule has 2 heterocycles. The third-order valence-electron chi connectivity index (χ3n) is 3.42. The maximum absolute atomic E-state index is 13.3. The van der Waals surface area contributed by atoms with Gasteiger partial charge >= 0.3 is 0 Å². The number of amides is 1. The van der Waals surface area contributed by atoms with Gasteiger partial charge in [-0.05, 0) is 31.2 Å². The summed E-state index contributed by atoms with van der Waals surface area (Å²) in [5, 5.41) is 0.0716. The van der Waals surface area contributed by atoms with E-state index in [1.54, 1.807) is 17.8 Å². The molecule has 0 radical (unpaired) electrons. The van der Waals surface area contributed by atoms with E-state index in [9.17, 15) is 9.18 Å². The van der Waals surface area contributed by atoms with Crippen LogP contribution in [0.2, 0.25) is 0 Å². The van der Waals surface area contributed by atoms with E-state index in [0.717, 1.165) is 11.3 Å². The fourth-order valence-corrected chi connectivity index (χ4v) is 3.67. The first kappa shape index (κ1) is 13.2. The SMILES string of the molecule is CCN1C(=O)CSC1c1ccn(-c2cccc(F)c2)c1. The van der Waals surface area contributed by atoms with Gasteiger partial charge in [-0.3, -0.25) is 4.79 Å². The van der Waals surface area contributed by atoms with Crippen molar-refractivity contribution in [2.24, 2.45) is 0 Å². The quantitative estimate of drug-likeness (QED) is 0.867. The standard InChI is InChI=1S/C15H15FN2OS/c1-2-18-14(19)10-20-15(18)11-6-7-17(9-11)13-5-3-4-12(16)8-13/h3-9,15H,2,10H2,1H3. The van der Waals surface area contributed by atoms with Crippen LogP contribution in [0.25, 0.3) is 5.69 Å². The summed E-state index contributed by atoms with van der Waals surface area (Å²) in [6.07, 6.45) is 3.87. The molecule has 0 bridgehead atoms. The van der Waals surface area contributed by atoms with Crippen molar-refractivity contribution in [1.29, 1.82) is 0 Å². The highest BCUT2D eigenvalue weighted by Gasteiger charge is 2.31. The Morgan fingerprint density at radius 1 is 1.40 bits per heavy atom. The lowest BCUT2D eigenvalue weighted by Crippen LogP contribution is -2.27. The Hall–Kier alpha value is -1.75. The summed E-state index contributed by atoms with van der Waals surface area (Å²) in [4.78, 5) is 13.6. The average Bonchev–Trinajstić information content (AvgIpc) is 3.04. The Kier molecular flexibility index (Phi) is 3.53. The molecule has 1 saturated heterocycles. The zero-order chi connectivity index (χ0) is 14.1. The number of nitrogens with zero attached hydrogens (tertiary/aromatic N) is 2. The van der Waals surface area contributed by atoms with Crippen LogP contribution in [0.4, 0.5) is 4.39 Å². The molecule has 0 aliphatic carbocycles. The van der Waals surface area contributed by atoms with Crippen LogP contribution in [0, 0.1) is 5.82 Å². The number of aromatic nitrogens is 1. The number of benzene rings is 1. The monoisotopic (exact) mass is 290 g/mol. The summed E-state index contributed by atoms with van der Waals surface area (Å²) >= 11 is 1.64. The Labute approximate surface area is 121 Å². The van der Waals surface area contributed by atoms with Gasteiger partial charge in [0.25, 0.3) is 0 Å². The number of rotatable bonds is 3. The van der Waals surface area contributed by atoms with E-state index in [1.165, 1.54) is 12.1 Å². The van der Waals surface area contributed by atoms with Crippen molar-refractivity contribution in [3.8, 4) is 5.69 Å². The van der Waals surface area contributed by atoms with Crippen LogP contribution in [0.1, 0.15) is 17.9 Å². The Bertz CT molecular complexity index is 640. The molecule has 3 nitrogen and oxygen atoms in total. The van der Waals surface area contributed by atoms with Crippen molar-refractivity contribution < 1.29 is 9.18 Å². The fourth-order valence-electron chi connectivity index (χ4n) is 2.43. The van der Waals surface area contributed by atoms with E-state index in [-0.39, 0.29) is 17.1 Å². The summed E-state index contributed by atoms with van der Waals surface area (Å²) in [6, 6.07) is 8.46. The van der Waals surface area contributed by atoms with Crippen LogP contribution < -0.4 is 0 Å². The molecule has 1 aromatic carbocycles. The Morgan fingerprint density at radius 2 is 2.25 bits per heavy atom. The van der Waals surface area contributed by atoms with Gasteiger partial charge < -0.3 is 9.47 Å². The number of hydrogen-bond acceptors (Lipinski definition) is 2. The van der Waals surface area contributed by atoms with Gasteiger partial charge in [0.15, 0.2) is 0 Å². The molecule has 20 heavy (non-hydrogen) atoms. The number of halogens is 1. The molecule has 1 aliphatic heterocycles. The largest absolute Gasteiger partial charge is 0.326 e. The predicted molar refractivity (Wildman–Crippen MR) is 78.3 cm³/mol. The van der Waals surface area contributed by atoms with Crippen LogP contribution in [-0.4, -0.2) is 27.7 Å². The predicted octanol–water partition coefficient (Wildman–Crippen LogP) is 3.21. The topological polar surface area (TPSA) is 25.2 Å². The first-order chi connectivity index (χ1) is 9.69. The minimum absolute atomic E-state index is 0.0716. The van der Waals surface area contributed by atoms with E-state index < -0.39 is 0 Å². The van der Waals surface area contributed by atoms with E-state index in [4.69, 9.17) is 0 Å². The van der Waals surface area contributed by atoms with E-state index in [1.807, 2.05) is 40.9 Å². The summed E-state index contributed by atoms with van der Waals surface area (Å²) in [5.74, 6) is 0.461. The third-order valence-corrected chi connectivity index (χ3v) is 4.67. The lowest BCUT2D eigenvalue weighted by molar-refractivity contribution is -0.127. The molecule has 0 saturated carbocycles. The maximum atomic E-state index is 13.3. The molecule has 3 rings (SSSR count).